The number of benzene rings is 1. The lowest BCUT2D eigenvalue weighted by Gasteiger charge is -2.47. The minimum absolute atomic E-state index is 0.129. The number of halogens is 1. The number of fused-ring (bicyclic) bond motifs is 1. The second-order valence-corrected chi connectivity index (χ2v) is 17.7. The molecule has 4 heterocycles. The van der Waals surface area contributed by atoms with E-state index in [4.69, 9.17) is 29.4 Å². The monoisotopic (exact) mass is 843 g/mol. The molecule has 1 aromatic heterocycles. The fourth-order valence-electron chi connectivity index (χ4n) is 9.21. The number of carbonyl (C=O) groups is 3. The SMILES string of the molecule is CC[C@H]1OC(=O)[C@@](C)(F)C(=O)[C@H](C)[C@@H](O[C@@H]2O[C@H](C)CC(N(C)C)C2O)[C@](C)(OC)C[C@@H](C)CN[C@H](C)[C@H]2N(C/C=C/Cn3cc(-c4cccc(N)c4)nn3)C(=O)O[C@]12C. The molecule has 0 radical (unpaired) electrons. The van der Waals surface area contributed by atoms with Gasteiger partial charge in [-0.05, 0) is 92.6 Å². The van der Waals surface area contributed by atoms with Crippen LogP contribution < -0.4 is 11.1 Å². The number of alkyl halides is 1. The summed E-state index contributed by atoms with van der Waals surface area (Å²) < 4.78 is 49.4. The molecule has 334 valence electrons. The molecule has 4 N–H and O–H groups in total. The van der Waals surface area contributed by atoms with Gasteiger partial charge in [0.1, 0.15) is 17.9 Å². The molecule has 3 saturated heterocycles. The Balaban J connectivity index is 1.43. The first-order valence-electron chi connectivity index (χ1n) is 21.0. The van der Waals surface area contributed by atoms with Gasteiger partial charge >= 0.3 is 12.1 Å². The lowest BCUT2D eigenvalue weighted by atomic mass is 9.78. The van der Waals surface area contributed by atoms with Crippen LogP contribution in [0.5, 0.6) is 0 Å². The van der Waals surface area contributed by atoms with Crippen molar-refractivity contribution in [1.29, 1.82) is 0 Å². The van der Waals surface area contributed by atoms with E-state index in [2.05, 4.69) is 15.6 Å². The zero-order chi connectivity index (χ0) is 44.3. The summed E-state index contributed by atoms with van der Waals surface area (Å²) in [6.45, 7) is 14.3. The molecule has 2 unspecified atom stereocenters. The van der Waals surface area contributed by atoms with Crippen LogP contribution in [0.2, 0.25) is 0 Å². The van der Waals surface area contributed by atoms with E-state index in [0.29, 0.717) is 37.3 Å². The van der Waals surface area contributed by atoms with Crippen LogP contribution in [0, 0.1) is 11.8 Å². The van der Waals surface area contributed by atoms with E-state index in [1.807, 2.05) is 70.1 Å². The van der Waals surface area contributed by atoms with Crippen molar-refractivity contribution >= 4 is 23.5 Å². The first-order valence-corrected chi connectivity index (χ1v) is 21.0. The number of nitrogens with zero attached hydrogens (tertiary/aromatic N) is 5. The topological polar surface area (TPSA) is 193 Å². The number of cyclic esters (lactones) is 1. The molecule has 16 nitrogen and oxygen atoms in total. The second-order valence-electron chi connectivity index (χ2n) is 17.7. The smallest absolute Gasteiger partial charge is 0.411 e. The Bertz CT molecular complexity index is 1840. The number of ketones is 1. The van der Waals surface area contributed by atoms with Crippen molar-refractivity contribution in [2.45, 2.75) is 147 Å². The van der Waals surface area contributed by atoms with Gasteiger partial charge in [0.25, 0.3) is 5.67 Å². The molecule has 13 atom stereocenters. The van der Waals surface area contributed by atoms with Crippen LogP contribution in [0.4, 0.5) is 14.9 Å². The van der Waals surface area contributed by atoms with Crippen molar-refractivity contribution in [2.75, 3.05) is 40.0 Å². The summed E-state index contributed by atoms with van der Waals surface area (Å²) in [7, 11) is 5.19. The van der Waals surface area contributed by atoms with Gasteiger partial charge in [0.15, 0.2) is 17.7 Å². The third kappa shape index (κ3) is 9.87. The Kier molecular flexibility index (Phi) is 14.9. The number of nitrogens with one attached hydrogen (secondary N) is 1. The van der Waals surface area contributed by atoms with E-state index >= 15 is 4.39 Å². The van der Waals surface area contributed by atoms with Crippen LogP contribution in [0.25, 0.3) is 11.3 Å². The first kappa shape index (κ1) is 47.1. The fourth-order valence-corrected chi connectivity index (χ4v) is 9.21. The first-order chi connectivity index (χ1) is 28.2. The van der Waals surface area contributed by atoms with Crippen molar-refractivity contribution in [3.05, 3.63) is 42.6 Å². The van der Waals surface area contributed by atoms with Gasteiger partial charge in [-0.3, -0.25) is 9.69 Å². The van der Waals surface area contributed by atoms with Crippen molar-refractivity contribution in [3.63, 3.8) is 0 Å². The summed E-state index contributed by atoms with van der Waals surface area (Å²) in [5, 5.41) is 23.5. The number of carbonyl (C=O) groups excluding carboxylic acids is 3. The van der Waals surface area contributed by atoms with E-state index in [1.165, 1.54) is 14.0 Å². The van der Waals surface area contributed by atoms with Crippen molar-refractivity contribution < 1.29 is 47.6 Å². The summed E-state index contributed by atoms with van der Waals surface area (Å²) in [4.78, 5) is 45.5. The molecule has 5 rings (SSSR count). The summed E-state index contributed by atoms with van der Waals surface area (Å²) in [5.41, 5.74) is 2.23. The molecule has 3 aliphatic rings. The van der Waals surface area contributed by atoms with Crippen LogP contribution in [0.15, 0.2) is 42.6 Å². The molecule has 1 aromatic carbocycles. The number of nitrogens with two attached hydrogens (primary N) is 1. The molecule has 0 aliphatic carbocycles. The lowest BCUT2D eigenvalue weighted by Crippen LogP contribution is -2.61. The number of allylic oxidation sites excluding steroid dienone is 1. The van der Waals surface area contributed by atoms with Gasteiger partial charge in [0.2, 0.25) is 0 Å². The largest absolute Gasteiger partial charge is 0.455 e. The Morgan fingerprint density at radius 2 is 1.82 bits per heavy atom. The number of methoxy groups -OCH3 is 1. The molecule has 0 saturated carbocycles. The lowest BCUT2D eigenvalue weighted by molar-refractivity contribution is -0.295. The number of aromatic nitrogens is 3. The maximum absolute atomic E-state index is 17.0. The second kappa shape index (κ2) is 18.9. The van der Waals surface area contributed by atoms with Crippen LogP contribution >= 0.6 is 0 Å². The Labute approximate surface area is 353 Å². The molecule has 17 heteroatoms. The number of hydrogen-bond donors (Lipinski definition) is 3. The molecule has 3 fully saturated rings. The summed E-state index contributed by atoms with van der Waals surface area (Å²) in [5.74, 6) is -3.90. The number of aliphatic hydroxyl groups excluding tert-OH is 1. The van der Waals surface area contributed by atoms with Gasteiger partial charge in [-0.25, -0.2) is 18.7 Å². The van der Waals surface area contributed by atoms with E-state index in [0.717, 1.165) is 12.5 Å². The number of aliphatic hydroxyl groups is 1. The number of ether oxygens (including phenoxy) is 5. The summed E-state index contributed by atoms with van der Waals surface area (Å²) in [6.07, 6.45) is 0.986. The number of rotatable bonds is 10. The molecule has 0 bridgehead atoms. The van der Waals surface area contributed by atoms with E-state index in [-0.39, 0.29) is 31.0 Å². The highest BCUT2D eigenvalue weighted by molar-refractivity contribution is 6.07. The molecule has 0 spiro atoms. The molecular weight excluding hydrogens is 778 g/mol. The van der Waals surface area contributed by atoms with Crippen molar-refractivity contribution in [1.82, 2.24) is 30.1 Å². The third-order valence-corrected chi connectivity index (χ3v) is 12.6. The number of Topliss-reactive ketones (excluding diaryl/α,β-unsaturated/α-hetero) is 1. The van der Waals surface area contributed by atoms with Gasteiger partial charge in [-0.15, -0.1) is 5.10 Å². The number of hydrogen-bond acceptors (Lipinski definition) is 14. The van der Waals surface area contributed by atoms with Gasteiger partial charge in [-0.2, -0.15) is 0 Å². The number of amides is 1. The number of nitrogen functional groups attached to an aromatic ring is 1. The molecular formula is C43H66FN7O9. The van der Waals surface area contributed by atoms with Crippen LogP contribution in [0.3, 0.4) is 0 Å². The van der Waals surface area contributed by atoms with Gasteiger partial charge in [-0.1, -0.05) is 50.3 Å². The molecule has 3 aliphatic heterocycles. The van der Waals surface area contributed by atoms with E-state index in [1.54, 1.807) is 42.6 Å². The van der Waals surface area contributed by atoms with Crippen LogP contribution in [-0.2, 0) is 39.8 Å². The molecule has 60 heavy (non-hydrogen) atoms. The predicted molar refractivity (Wildman–Crippen MR) is 222 cm³/mol. The van der Waals surface area contributed by atoms with Crippen LogP contribution in [-0.4, -0.2) is 148 Å². The quantitative estimate of drug-likeness (QED) is 0.134. The summed E-state index contributed by atoms with van der Waals surface area (Å²) in [6, 6.07) is 5.91. The van der Waals surface area contributed by atoms with Crippen molar-refractivity contribution in [3.8, 4) is 11.3 Å². The van der Waals surface area contributed by atoms with Crippen LogP contribution in [0.1, 0.15) is 74.7 Å². The van der Waals surface area contributed by atoms with Gasteiger partial charge in [0.05, 0.1) is 36.6 Å². The molecule has 2 aromatic rings. The fraction of sp³-hybridized carbons (Fsp3) is 0.698. The zero-order valence-electron chi connectivity index (χ0n) is 37.0. The predicted octanol–water partition coefficient (Wildman–Crippen LogP) is 4.15. The number of likely N-dealkylation sites (N-methyl/N-ethyl adjacent to an activating group) is 1. The number of esters is 1. The molecule has 1 amide bonds. The maximum atomic E-state index is 17.0. The zero-order valence-corrected chi connectivity index (χ0v) is 37.0. The van der Waals surface area contributed by atoms with Crippen molar-refractivity contribution in [2.24, 2.45) is 11.8 Å². The van der Waals surface area contributed by atoms with Gasteiger partial charge < -0.3 is 44.7 Å². The minimum atomic E-state index is -3.14. The standard InChI is InChI=1S/C43H66FN7O9/c1-12-33-43(8)35(51(40(55)60-43)19-14-13-18-50-24-31(47-48-50)29-16-15-17-30(45)21-29)28(5)46-23-25(2)22-41(6,56-11)37(27(4)36(53)42(7,44)39(54)58-33)59-38-34(52)32(49(9)10)20-26(3)57-38/h13-17,21,24-28,32-35,37-38,46,52H,12,18-20,22-23,45H2,1-11H3/b14-13+/t25-,26-,27+,28-,32?,33-,34?,35-,37-,38+,41-,42+,43-/m1/s1. The minimum Gasteiger partial charge on any atom is -0.455 e. The Morgan fingerprint density at radius 1 is 1.12 bits per heavy atom. The Morgan fingerprint density at radius 3 is 2.47 bits per heavy atom. The maximum Gasteiger partial charge on any atom is 0.411 e. The van der Waals surface area contributed by atoms with E-state index in [9.17, 15) is 19.5 Å². The number of anilines is 1. The highest BCUT2D eigenvalue weighted by atomic mass is 19.1. The Hall–Kier alpha value is -4.00. The third-order valence-electron chi connectivity index (χ3n) is 12.6. The van der Waals surface area contributed by atoms with Gasteiger partial charge in [0, 0.05) is 42.9 Å². The average molecular weight is 844 g/mol. The summed E-state index contributed by atoms with van der Waals surface area (Å²) >= 11 is 0. The highest BCUT2D eigenvalue weighted by Crippen LogP contribution is 2.41. The van der Waals surface area contributed by atoms with E-state index < -0.39 is 77.3 Å². The highest BCUT2D eigenvalue weighted by Gasteiger charge is 2.60. The normalized spacial score (nSPS) is 37.4. The average Bonchev–Trinajstić information content (AvgIpc) is 3.77.